The van der Waals surface area contributed by atoms with Gasteiger partial charge in [-0.05, 0) is 25.0 Å². The Morgan fingerprint density at radius 2 is 2.06 bits per heavy atom. The highest BCUT2D eigenvalue weighted by Gasteiger charge is 2.21. The Morgan fingerprint density at radius 3 is 2.78 bits per heavy atom. The van der Waals surface area contributed by atoms with Crippen molar-refractivity contribution >= 4 is 11.0 Å². The molecule has 1 fully saturated rings. The third-order valence-corrected chi connectivity index (χ3v) is 3.82. The van der Waals surface area contributed by atoms with Gasteiger partial charge in [0, 0.05) is 18.0 Å². The first-order valence-electron chi connectivity index (χ1n) is 6.81. The van der Waals surface area contributed by atoms with E-state index in [-0.39, 0.29) is 6.04 Å². The van der Waals surface area contributed by atoms with E-state index in [0.717, 1.165) is 16.7 Å². The second-order valence-electron chi connectivity index (χ2n) is 5.12. The van der Waals surface area contributed by atoms with Gasteiger partial charge in [0.25, 0.3) is 0 Å². The summed E-state index contributed by atoms with van der Waals surface area (Å²) >= 11 is 0. The molecule has 3 heteroatoms. The molecule has 0 radical (unpaired) electrons. The summed E-state index contributed by atoms with van der Waals surface area (Å²) in [5.41, 5.74) is 6.83. The van der Waals surface area contributed by atoms with Gasteiger partial charge in [-0.25, -0.2) is 0 Å². The Morgan fingerprint density at radius 1 is 1.28 bits per heavy atom. The molecule has 18 heavy (non-hydrogen) atoms. The number of rotatable bonds is 4. The van der Waals surface area contributed by atoms with Crippen molar-refractivity contribution in [3.63, 3.8) is 0 Å². The molecule has 2 aromatic rings. The number of nitrogens with two attached hydrogens (primary N) is 1. The van der Waals surface area contributed by atoms with E-state index in [9.17, 15) is 0 Å². The minimum atomic E-state index is 0.139. The van der Waals surface area contributed by atoms with E-state index in [1.54, 1.807) is 0 Å². The molecule has 1 saturated carbocycles. The van der Waals surface area contributed by atoms with E-state index >= 15 is 0 Å². The maximum atomic E-state index is 5.89. The molecule has 0 aliphatic heterocycles. The number of nitrogens with one attached hydrogen (secondary N) is 1. The standard InChI is InChI=1S/C15H20N2O/c16-10-13(17-12-6-2-3-7-12)15-9-11-5-1-4-8-14(11)18-15/h1,4-5,8-9,12-13,17H,2-3,6-7,10,16H2. The molecule has 96 valence electrons. The van der Waals surface area contributed by atoms with Crippen LogP contribution in [-0.4, -0.2) is 12.6 Å². The lowest BCUT2D eigenvalue weighted by Gasteiger charge is -2.19. The highest BCUT2D eigenvalue weighted by atomic mass is 16.3. The summed E-state index contributed by atoms with van der Waals surface area (Å²) in [5.74, 6) is 0.964. The number of hydrogen-bond donors (Lipinski definition) is 2. The summed E-state index contributed by atoms with van der Waals surface area (Å²) in [5, 5.41) is 4.78. The summed E-state index contributed by atoms with van der Waals surface area (Å²) in [4.78, 5) is 0. The summed E-state index contributed by atoms with van der Waals surface area (Å²) < 4.78 is 5.89. The van der Waals surface area contributed by atoms with Gasteiger partial charge in [0.1, 0.15) is 11.3 Å². The van der Waals surface area contributed by atoms with E-state index in [2.05, 4.69) is 17.4 Å². The molecule has 1 atom stereocenters. The topological polar surface area (TPSA) is 51.2 Å². The molecule has 1 unspecified atom stereocenters. The van der Waals surface area contributed by atoms with Gasteiger partial charge in [-0.2, -0.15) is 0 Å². The number of fused-ring (bicyclic) bond motifs is 1. The molecule has 1 aromatic heterocycles. The van der Waals surface area contributed by atoms with Gasteiger partial charge in [0.2, 0.25) is 0 Å². The molecule has 3 nitrogen and oxygen atoms in total. The number of para-hydroxylation sites is 1. The predicted octanol–water partition coefficient (Wildman–Crippen LogP) is 2.96. The second-order valence-corrected chi connectivity index (χ2v) is 5.12. The molecule has 3 N–H and O–H groups in total. The van der Waals surface area contributed by atoms with Crippen molar-refractivity contribution in [2.45, 2.75) is 37.8 Å². The van der Waals surface area contributed by atoms with Gasteiger partial charge in [0.05, 0.1) is 6.04 Å². The van der Waals surface area contributed by atoms with Crippen molar-refractivity contribution in [1.82, 2.24) is 5.32 Å². The van der Waals surface area contributed by atoms with Gasteiger partial charge in [-0.1, -0.05) is 31.0 Å². The van der Waals surface area contributed by atoms with E-state index < -0.39 is 0 Å². The second kappa shape index (κ2) is 5.12. The summed E-state index contributed by atoms with van der Waals surface area (Å²) in [6.07, 6.45) is 5.18. The van der Waals surface area contributed by atoms with Crippen molar-refractivity contribution in [3.05, 3.63) is 36.1 Å². The average molecular weight is 244 g/mol. The van der Waals surface area contributed by atoms with Crippen LogP contribution in [0.5, 0.6) is 0 Å². The zero-order valence-corrected chi connectivity index (χ0v) is 10.6. The lowest BCUT2D eigenvalue weighted by molar-refractivity contribution is 0.387. The van der Waals surface area contributed by atoms with Crippen molar-refractivity contribution in [3.8, 4) is 0 Å². The SMILES string of the molecule is NCC(NC1CCCC1)c1cc2ccccc2o1. The number of benzene rings is 1. The third-order valence-electron chi connectivity index (χ3n) is 3.82. The lowest BCUT2D eigenvalue weighted by atomic mass is 10.1. The Labute approximate surface area is 107 Å². The van der Waals surface area contributed by atoms with Crippen LogP contribution in [0.15, 0.2) is 34.7 Å². The third kappa shape index (κ3) is 2.28. The summed E-state index contributed by atoms with van der Waals surface area (Å²) in [7, 11) is 0. The molecule has 3 rings (SSSR count). The molecule has 1 aliphatic carbocycles. The maximum Gasteiger partial charge on any atom is 0.134 e. The van der Waals surface area contributed by atoms with Crippen molar-refractivity contribution < 1.29 is 4.42 Å². The number of furan rings is 1. The smallest absolute Gasteiger partial charge is 0.134 e. The van der Waals surface area contributed by atoms with E-state index in [1.807, 2.05) is 18.2 Å². The molecule has 0 spiro atoms. The summed E-state index contributed by atoms with van der Waals surface area (Å²) in [6.45, 7) is 0.580. The molecular formula is C15H20N2O. The van der Waals surface area contributed by atoms with E-state index in [1.165, 1.54) is 25.7 Å². The fraction of sp³-hybridized carbons (Fsp3) is 0.467. The predicted molar refractivity (Wildman–Crippen MR) is 73.4 cm³/mol. The fourth-order valence-corrected chi connectivity index (χ4v) is 2.82. The van der Waals surface area contributed by atoms with Gasteiger partial charge in [-0.15, -0.1) is 0 Å². The highest BCUT2D eigenvalue weighted by molar-refractivity contribution is 5.77. The van der Waals surface area contributed by atoms with Crippen LogP contribution in [0, 0.1) is 0 Å². The zero-order chi connectivity index (χ0) is 12.4. The van der Waals surface area contributed by atoms with E-state index in [0.29, 0.717) is 12.6 Å². The molecule has 1 aromatic carbocycles. The van der Waals surface area contributed by atoms with Crippen LogP contribution < -0.4 is 11.1 Å². The molecule has 0 saturated heterocycles. The van der Waals surface area contributed by atoms with Gasteiger partial charge < -0.3 is 15.5 Å². The van der Waals surface area contributed by atoms with E-state index in [4.69, 9.17) is 10.2 Å². The van der Waals surface area contributed by atoms with Crippen LogP contribution in [0.4, 0.5) is 0 Å². The largest absolute Gasteiger partial charge is 0.459 e. The fourth-order valence-electron chi connectivity index (χ4n) is 2.82. The summed E-state index contributed by atoms with van der Waals surface area (Å²) in [6, 6.07) is 11.0. The molecule has 0 bridgehead atoms. The van der Waals surface area contributed by atoms with Crippen molar-refractivity contribution in [2.24, 2.45) is 5.73 Å². The monoisotopic (exact) mass is 244 g/mol. The quantitative estimate of drug-likeness (QED) is 0.869. The normalized spacial score (nSPS) is 18.5. The van der Waals surface area contributed by atoms with Gasteiger partial charge in [0.15, 0.2) is 0 Å². The van der Waals surface area contributed by atoms with Crippen LogP contribution in [0.25, 0.3) is 11.0 Å². The van der Waals surface area contributed by atoms with Gasteiger partial charge >= 0.3 is 0 Å². The molecule has 0 amide bonds. The zero-order valence-electron chi connectivity index (χ0n) is 10.6. The Bertz CT molecular complexity index is 481. The maximum absolute atomic E-state index is 5.89. The minimum absolute atomic E-state index is 0.139. The Kier molecular flexibility index (Phi) is 3.35. The van der Waals surface area contributed by atoms with Crippen molar-refractivity contribution in [2.75, 3.05) is 6.54 Å². The molecular weight excluding hydrogens is 224 g/mol. The van der Waals surface area contributed by atoms with Crippen LogP contribution in [0.2, 0.25) is 0 Å². The van der Waals surface area contributed by atoms with Crippen LogP contribution in [0.3, 0.4) is 0 Å². The minimum Gasteiger partial charge on any atom is -0.459 e. The number of hydrogen-bond acceptors (Lipinski definition) is 3. The van der Waals surface area contributed by atoms with Crippen LogP contribution in [0.1, 0.15) is 37.5 Å². The first-order chi connectivity index (χ1) is 8.86. The average Bonchev–Trinajstić information content (AvgIpc) is 3.04. The first kappa shape index (κ1) is 11.8. The molecule has 1 aliphatic rings. The Hall–Kier alpha value is -1.32. The van der Waals surface area contributed by atoms with Crippen molar-refractivity contribution in [1.29, 1.82) is 0 Å². The van der Waals surface area contributed by atoms with Gasteiger partial charge in [-0.3, -0.25) is 0 Å². The first-order valence-corrected chi connectivity index (χ1v) is 6.81. The van der Waals surface area contributed by atoms with Crippen LogP contribution in [-0.2, 0) is 0 Å². The van der Waals surface area contributed by atoms with Crippen LogP contribution >= 0.6 is 0 Å². The molecule has 1 heterocycles. The lowest BCUT2D eigenvalue weighted by Crippen LogP contribution is -2.34. The Balaban J connectivity index is 1.81. The highest BCUT2D eigenvalue weighted by Crippen LogP contribution is 2.26.